The SMILES string of the molecule is Cl.N=C(N)SCc1ccc([N+](=O)[O-])cc1. The number of nitrogens with one attached hydrogen (secondary N) is 1. The number of thioether (sulfide) groups is 1. The molecule has 0 aliphatic carbocycles. The average Bonchev–Trinajstić information content (AvgIpc) is 2.15. The Morgan fingerprint density at radius 3 is 2.40 bits per heavy atom. The van der Waals surface area contributed by atoms with E-state index in [9.17, 15) is 10.1 Å². The summed E-state index contributed by atoms with van der Waals surface area (Å²) in [6.07, 6.45) is 0. The Kier molecular flexibility index (Phi) is 5.73. The summed E-state index contributed by atoms with van der Waals surface area (Å²) >= 11 is 1.19. The Hall–Kier alpha value is -1.27. The Bertz CT molecular complexity index is 355. The zero-order chi connectivity index (χ0) is 10.6. The van der Waals surface area contributed by atoms with Crippen molar-refractivity contribution < 1.29 is 4.92 Å². The van der Waals surface area contributed by atoms with Gasteiger partial charge in [-0.2, -0.15) is 0 Å². The van der Waals surface area contributed by atoms with E-state index in [-0.39, 0.29) is 23.3 Å². The molecular formula is C8H10ClN3O2S. The van der Waals surface area contributed by atoms with Crippen molar-refractivity contribution in [2.45, 2.75) is 5.75 Å². The van der Waals surface area contributed by atoms with Crippen molar-refractivity contribution in [1.29, 1.82) is 5.41 Å². The normalized spacial score (nSPS) is 9.07. The number of nitro benzene ring substituents is 1. The van der Waals surface area contributed by atoms with Crippen LogP contribution in [0.5, 0.6) is 0 Å². The van der Waals surface area contributed by atoms with Crippen LogP contribution in [0.4, 0.5) is 5.69 Å². The van der Waals surface area contributed by atoms with Crippen molar-refractivity contribution in [3.8, 4) is 0 Å². The third-order valence-electron chi connectivity index (χ3n) is 1.54. The van der Waals surface area contributed by atoms with Crippen LogP contribution in [-0.4, -0.2) is 10.1 Å². The minimum Gasteiger partial charge on any atom is -0.379 e. The first kappa shape index (κ1) is 13.7. The van der Waals surface area contributed by atoms with E-state index in [0.717, 1.165) is 5.56 Å². The van der Waals surface area contributed by atoms with Crippen LogP contribution in [0.1, 0.15) is 5.56 Å². The van der Waals surface area contributed by atoms with Crippen molar-refractivity contribution in [3.63, 3.8) is 0 Å². The van der Waals surface area contributed by atoms with Crippen molar-refractivity contribution in [3.05, 3.63) is 39.9 Å². The molecule has 0 saturated heterocycles. The molecule has 0 atom stereocenters. The second-order valence-electron chi connectivity index (χ2n) is 2.58. The summed E-state index contributed by atoms with van der Waals surface area (Å²) in [5.41, 5.74) is 6.14. The van der Waals surface area contributed by atoms with E-state index in [1.807, 2.05) is 0 Å². The first-order valence-electron chi connectivity index (χ1n) is 3.80. The van der Waals surface area contributed by atoms with Gasteiger partial charge in [-0.25, -0.2) is 0 Å². The molecule has 0 heterocycles. The molecule has 15 heavy (non-hydrogen) atoms. The second-order valence-corrected chi connectivity index (χ2v) is 3.59. The molecule has 1 aromatic carbocycles. The quantitative estimate of drug-likeness (QED) is 0.370. The minimum atomic E-state index is -0.443. The number of hydrogen-bond acceptors (Lipinski definition) is 4. The zero-order valence-corrected chi connectivity index (χ0v) is 9.31. The van der Waals surface area contributed by atoms with Gasteiger partial charge in [-0.05, 0) is 5.56 Å². The summed E-state index contributed by atoms with van der Waals surface area (Å²) in [5, 5.41) is 17.4. The molecule has 7 heteroatoms. The first-order chi connectivity index (χ1) is 6.59. The molecule has 1 rings (SSSR count). The maximum atomic E-state index is 10.3. The van der Waals surface area contributed by atoms with Crippen LogP contribution >= 0.6 is 24.2 Å². The number of nitrogens with two attached hydrogens (primary N) is 1. The molecule has 0 radical (unpaired) electrons. The zero-order valence-electron chi connectivity index (χ0n) is 7.67. The lowest BCUT2D eigenvalue weighted by atomic mass is 10.2. The lowest BCUT2D eigenvalue weighted by Crippen LogP contribution is -2.03. The van der Waals surface area contributed by atoms with Gasteiger partial charge in [0.15, 0.2) is 5.17 Å². The maximum absolute atomic E-state index is 10.3. The molecule has 0 saturated carbocycles. The third kappa shape index (κ3) is 4.66. The molecule has 5 nitrogen and oxygen atoms in total. The highest BCUT2D eigenvalue weighted by Gasteiger charge is 2.03. The lowest BCUT2D eigenvalue weighted by molar-refractivity contribution is -0.384. The fourth-order valence-corrected chi connectivity index (χ4v) is 1.39. The largest absolute Gasteiger partial charge is 0.379 e. The fourth-order valence-electron chi connectivity index (χ4n) is 0.875. The van der Waals surface area contributed by atoms with Gasteiger partial charge in [0.2, 0.25) is 0 Å². The van der Waals surface area contributed by atoms with Crippen LogP contribution in [0.25, 0.3) is 0 Å². The van der Waals surface area contributed by atoms with Gasteiger partial charge < -0.3 is 5.73 Å². The third-order valence-corrected chi connectivity index (χ3v) is 2.33. The summed E-state index contributed by atoms with van der Waals surface area (Å²) in [6.45, 7) is 0. The molecule has 1 aromatic rings. The number of nitro groups is 1. The minimum absolute atomic E-state index is 0. The monoisotopic (exact) mass is 247 g/mol. The number of benzene rings is 1. The van der Waals surface area contributed by atoms with Gasteiger partial charge >= 0.3 is 0 Å². The smallest absolute Gasteiger partial charge is 0.269 e. The number of rotatable bonds is 3. The van der Waals surface area contributed by atoms with Crippen LogP contribution < -0.4 is 5.73 Å². The summed E-state index contributed by atoms with van der Waals surface area (Å²) in [5.74, 6) is 0.563. The van der Waals surface area contributed by atoms with Crippen LogP contribution in [0.2, 0.25) is 0 Å². The molecule has 3 N–H and O–H groups in total. The molecule has 0 aromatic heterocycles. The molecular weight excluding hydrogens is 238 g/mol. The van der Waals surface area contributed by atoms with Crippen molar-refractivity contribution >= 4 is 35.0 Å². The number of hydrogen-bond donors (Lipinski definition) is 2. The molecule has 0 bridgehead atoms. The van der Waals surface area contributed by atoms with Crippen molar-refractivity contribution in [2.75, 3.05) is 0 Å². The number of nitrogens with zero attached hydrogens (tertiary/aromatic N) is 1. The van der Waals surface area contributed by atoms with Crippen molar-refractivity contribution in [2.24, 2.45) is 5.73 Å². The van der Waals surface area contributed by atoms with Crippen LogP contribution in [-0.2, 0) is 5.75 Å². The van der Waals surface area contributed by atoms with E-state index < -0.39 is 4.92 Å². The lowest BCUT2D eigenvalue weighted by Gasteiger charge is -1.98. The van der Waals surface area contributed by atoms with E-state index in [1.165, 1.54) is 23.9 Å². The Morgan fingerprint density at radius 2 is 2.00 bits per heavy atom. The summed E-state index contributed by atoms with van der Waals surface area (Å²) < 4.78 is 0. The molecule has 0 fully saturated rings. The highest BCUT2D eigenvalue weighted by atomic mass is 35.5. The van der Waals surface area contributed by atoms with Gasteiger partial charge in [-0.1, -0.05) is 23.9 Å². The average molecular weight is 248 g/mol. The van der Waals surface area contributed by atoms with E-state index in [1.54, 1.807) is 12.1 Å². The maximum Gasteiger partial charge on any atom is 0.269 e. The highest BCUT2D eigenvalue weighted by molar-refractivity contribution is 8.13. The Balaban J connectivity index is 0.00000196. The highest BCUT2D eigenvalue weighted by Crippen LogP contribution is 2.16. The fraction of sp³-hybridized carbons (Fsp3) is 0.125. The van der Waals surface area contributed by atoms with E-state index in [0.29, 0.717) is 5.75 Å². The van der Waals surface area contributed by atoms with Gasteiger partial charge in [0.25, 0.3) is 5.69 Å². The molecule has 0 spiro atoms. The van der Waals surface area contributed by atoms with Gasteiger partial charge in [-0.3, -0.25) is 15.5 Å². The molecule has 0 aliphatic rings. The molecule has 0 aliphatic heterocycles. The molecule has 0 unspecified atom stereocenters. The van der Waals surface area contributed by atoms with Gasteiger partial charge in [0, 0.05) is 17.9 Å². The van der Waals surface area contributed by atoms with Crippen LogP contribution in [0.15, 0.2) is 24.3 Å². The summed E-state index contributed by atoms with van der Waals surface area (Å²) in [6, 6.07) is 6.20. The van der Waals surface area contributed by atoms with Gasteiger partial charge in [0.1, 0.15) is 0 Å². The van der Waals surface area contributed by atoms with Crippen LogP contribution in [0, 0.1) is 15.5 Å². The predicted octanol–water partition coefficient (Wildman–Crippen LogP) is 2.14. The first-order valence-corrected chi connectivity index (χ1v) is 4.78. The van der Waals surface area contributed by atoms with Gasteiger partial charge in [0.05, 0.1) is 4.92 Å². The predicted molar refractivity (Wildman–Crippen MR) is 63.6 cm³/mol. The van der Waals surface area contributed by atoms with E-state index in [4.69, 9.17) is 11.1 Å². The molecule has 82 valence electrons. The topological polar surface area (TPSA) is 93.0 Å². The van der Waals surface area contributed by atoms with E-state index in [2.05, 4.69) is 0 Å². The molecule has 0 amide bonds. The standard InChI is InChI=1S/C8H9N3O2S.ClH/c9-8(10)14-5-6-1-3-7(4-2-6)11(12)13;/h1-4H,5H2,(H3,9,10);1H. The van der Waals surface area contributed by atoms with Crippen molar-refractivity contribution in [1.82, 2.24) is 0 Å². The number of amidine groups is 1. The summed E-state index contributed by atoms with van der Waals surface area (Å²) in [7, 11) is 0. The van der Waals surface area contributed by atoms with E-state index >= 15 is 0 Å². The Morgan fingerprint density at radius 1 is 1.47 bits per heavy atom. The number of halogens is 1. The number of non-ortho nitro benzene ring substituents is 1. The van der Waals surface area contributed by atoms with Crippen LogP contribution in [0.3, 0.4) is 0 Å². The summed E-state index contributed by atoms with van der Waals surface area (Å²) in [4.78, 5) is 9.88. The Labute approximate surface area is 97.1 Å². The van der Waals surface area contributed by atoms with Gasteiger partial charge in [-0.15, -0.1) is 12.4 Å². The second kappa shape index (κ2) is 6.26.